The van der Waals surface area contributed by atoms with Gasteiger partial charge in [0, 0.05) is 25.5 Å². The third-order valence-corrected chi connectivity index (χ3v) is 4.14. The van der Waals surface area contributed by atoms with Crippen molar-refractivity contribution in [1.29, 1.82) is 0 Å². The van der Waals surface area contributed by atoms with Crippen LogP contribution in [0, 0.1) is 11.6 Å². The molecule has 0 unspecified atom stereocenters. The smallest absolute Gasteiger partial charge is 0.258 e. The van der Waals surface area contributed by atoms with Gasteiger partial charge in [-0.25, -0.2) is 13.8 Å². The van der Waals surface area contributed by atoms with Crippen molar-refractivity contribution in [3.63, 3.8) is 0 Å². The quantitative estimate of drug-likeness (QED) is 0.694. The lowest BCUT2D eigenvalue weighted by molar-refractivity contribution is 0.102. The van der Waals surface area contributed by atoms with Gasteiger partial charge in [-0.15, -0.1) is 0 Å². The third-order valence-electron chi connectivity index (χ3n) is 3.87. The highest BCUT2D eigenvalue weighted by atomic mass is 35.5. The van der Waals surface area contributed by atoms with E-state index in [0.29, 0.717) is 23.4 Å². The van der Waals surface area contributed by atoms with Crippen molar-refractivity contribution in [3.8, 4) is 0 Å². The highest BCUT2D eigenvalue weighted by Gasteiger charge is 2.11. The molecule has 0 atom stereocenters. The molecule has 3 rings (SSSR count). The van der Waals surface area contributed by atoms with Gasteiger partial charge in [-0.05, 0) is 41.8 Å². The molecule has 8 heteroatoms. The number of anilines is 1. The molecular formula is C19H14ClF2N3O2. The Kier molecular flexibility index (Phi) is 5.32. The Bertz CT molecular complexity index is 1040. The van der Waals surface area contributed by atoms with Gasteiger partial charge in [-0.1, -0.05) is 17.7 Å². The molecule has 27 heavy (non-hydrogen) atoms. The van der Waals surface area contributed by atoms with Crippen molar-refractivity contribution in [2.24, 2.45) is 7.05 Å². The zero-order valence-corrected chi connectivity index (χ0v) is 14.9. The van der Waals surface area contributed by atoms with Crippen molar-refractivity contribution >= 4 is 23.3 Å². The Hall–Kier alpha value is -3.06. The maximum atomic E-state index is 13.4. The van der Waals surface area contributed by atoms with Crippen LogP contribution in [0.5, 0.6) is 0 Å². The van der Waals surface area contributed by atoms with E-state index in [4.69, 9.17) is 11.6 Å². The molecule has 0 aliphatic heterocycles. The van der Waals surface area contributed by atoms with Crippen LogP contribution in [0.4, 0.5) is 14.6 Å². The average Bonchev–Trinajstić information content (AvgIpc) is 2.63. The van der Waals surface area contributed by atoms with Crippen molar-refractivity contribution < 1.29 is 13.6 Å². The van der Waals surface area contributed by atoms with Crippen LogP contribution in [-0.2, 0) is 13.5 Å². The van der Waals surface area contributed by atoms with E-state index in [0.717, 1.165) is 11.6 Å². The minimum absolute atomic E-state index is 0.216. The first kappa shape index (κ1) is 18.7. The fourth-order valence-corrected chi connectivity index (χ4v) is 2.70. The summed E-state index contributed by atoms with van der Waals surface area (Å²) in [5.41, 5.74) is 1.34. The second kappa shape index (κ2) is 7.67. The minimum Gasteiger partial charge on any atom is -0.318 e. The van der Waals surface area contributed by atoms with Gasteiger partial charge in [0.15, 0.2) is 11.6 Å². The molecule has 0 fully saturated rings. The number of benzene rings is 1. The summed E-state index contributed by atoms with van der Waals surface area (Å²) >= 11 is 5.65. The molecule has 2 aromatic heterocycles. The lowest BCUT2D eigenvalue weighted by atomic mass is 10.1. The van der Waals surface area contributed by atoms with E-state index >= 15 is 0 Å². The summed E-state index contributed by atoms with van der Waals surface area (Å²) in [5, 5.41) is 2.35. The maximum absolute atomic E-state index is 13.4. The summed E-state index contributed by atoms with van der Waals surface area (Å²) in [7, 11) is 1.55. The van der Waals surface area contributed by atoms with Gasteiger partial charge in [-0.2, -0.15) is 0 Å². The van der Waals surface area contributed by atoms with E-state index < -0.39 is 17.5 Å². The average molecular weight is 390 g/mol. The third kappa shape index (κ3) is 4.38. The first-order chi connectivity index (χ1) is 12.8. The lowest BCUT2D eigenvalue weighted by Crippen LogP contribution is -2.19. The predicted octanol–water partition coefficient (Wildman–Crippen LogP) is 3.56. The number of hydrogen-bond donors (Lipinski definition) is 1. The van der Waals surface area contributed by atoms with Crippen LogP contribution in [0.25, 0.3) is 0 Å². The van der Waals surface area contributed by atoms with Crippen LogP contribution in [0.1, 0.15) is 21.5 Å². The van der Waals surface area contributed by atoms with Crippen LogP contribution < -0.4 is 10.9 Å². The van der Waals surface area contributed by atoms with Crippen molar-refractivity contribution in [2.45, 2.75) is 6.42 Å². The largest absolute Gasteiger partial charge is 0.318 e. The van der Waals surface area contributed by atoms with Crippen molar-refractivity contribution in [3.05, 3.63) is 92.5 Å². The van der Waals surface area contributed by atoms with E-state index in [9.17, 15) is 18.4 Å². The molecule has 1 amide bonds. The summed E-state index contributed by atoms with van der Waals surface area (Å²) in [6.07, 6.45) is 3.25. The number of aryl methyl sites for hydroxylation is 1. The number of nitrogens with one attached hydrogen (secondary N) is 1. The number of carbonyl (C=O) groups excluding carboxylic acids is 1. The molecule has 0 aliphatic rings. The van der Waals surface area contributed by atoms with E-state index in [1.54, 1.807) is 19.2 Å². The van der Waals surface area contributed by atoms with E-state index in [1.165, 1.54) is 35.2 Å². The second-order valence-corrected chi connectivity index (χ2v) is 6.33. The zero-order valence-electron chi connectivity index (χ0n) is 14.2. The van der Waals surface area contributed by atoms with Crippen LogP contribution >= 0.6 is 11.6 Å². The monoisotopic (exact) mass is 389 g/mol. The van der Waals surface area contributed by atoms with Crippen LogP contribution in [0.2, 0.25) is 5.02 Å². The first-order valence-electron chi connectivity index (χ1n) is 7.90. The van der Waals surface area contributed by atoms with Crippen LogP contribution in [-0.4, -0.2) is 15.5 Å². The Labute approximate surface area is 158 Å². The van der Waals surface area contributed by atoms with Gasteiger partial charge in [0.05, 0.1) is 10.6 Å². The maximum Gasteiger partial charge on any atom is 0.258 e. The van der Waals surface area contributed by atoms with Gasteiger partial charge in [0.1, 0.15) is 5.82 Å². The molecule has 5 nitrogen and oxygen atoms in total. The second-order valence-electron chi connectivity index (χ2n) is 5.92. The number of amides is 1. The normalized spacial score (nSPS) is 10.7. The van der Waals surface area contributed by atoms with Gasteiger partial charge >= 0.3 is 0 Å². The highest BCUT2D eigenvalue weighted by Crippen LogP contribution is 2.21. The number of halogens is 3. The summed E-state index contributed by atoms with van der Waals surface area (Å²) in [4.78, 5) is 27.7. The molecule has 1 N–H and O–H groups in total. The molecule has 1 aromatic carbocycles. The summed E-state index contributed by atoms with van der Waals surface area (Å²) in [6.45, 7) is 0. The number of hydrogen-bond acceptors (Lipinski definition) is 3. The van der Waals surface area contributed by atoms with E-state index in [1.807, 2.05) is 0 Å². The summed E-state index contributed by atoms with van der Waals surface area (Å²) in [6, 6.07) is 8.47. The van der Waals surface area contributed by atoms with E-state index in [2.05, 4.69) is 10.3 Å². The topological polar surface area (TPSA) is 64.0 Å². The number of carbonyl (C=O) groups is 1. The van der Waals surface area contributed by atoms with Gasteiger partial charge in [-0.3, -0.25) is 9.59 Å². The van der Waals surface area contributed by atoms with E-state index in [-0.39, 0.29) is 10.6 Å². The van der Waals surface area contributed by atoms with Gasteiger partial charge in [0.25, 0.3) is 5.91 Å². The fourth-order valence-electron chi connectivity index (χ4n) is 2.47. The molecular weight excluding hydrogens is 376 g/mol. The molecule has 138 valence electrons. The Morgan fingerprint density at radius 1 is 1.19 bits per heavy atom. The van der Waals surface area contributed by atoms with Crippen LogP contribution in [0.15, 0.2) is 53.6 Å². The molecule has 0 radical (unpaired) electrons. The molecule has 0 bridgehead atoms. The summed E-state index contributed by atoms with van der Waals surface area (Å²) in [5.74, 6) is -2.17. The predicted molar refractivity (Wildman–Crippen MR) is 98.0 cm³/mol. The minimum atomic E-state index is -1.07. The molecule has 3 aromatic rings. The Morgan fingerprint density at radius 3 is 2.59 bits per heavy atom. The molecule has 0 saturated carbocycles. The fraction of sp³-hybridized carbons (Fsp3) is 0.105. The van der Waals surface area contributed by atoms with Crippen LogP contribution in [0.3, 0.4) is 0 Å². The SMILES string of the molecule is Cn1cc(C(=O)Nc2ccc(Cc3cc(F)c(F)c(Cl)c3)cn2)ccc1=O. The number of rotatable bonds is 4. The molecule has 2 heterocycles. The molecule has 0 aliphatic carbocycles. The van der Waals surface area contributed by atoms with Crippen molar-refractivity contribution in [1.82, 2.24) is 9.55 Å². The van der Waals surface area contributed by atoms with Gasteiger partial charge in [0.2, 0.25) is 5.56 Å². The first-order valence-corrected chi connectivity index (χ1v) is 8.27. The zero-order chi connectivity index (χ0) is 19.6. The Morgan fingerprint density at radius 2 is 1.96 bits per heavy atom. The van der Waals surface area contributed by atoms with Crippen molar-refractivity contribution in [2.75, 3.05) is 5.32 Å². The number of aromatic nitrogens is 2. The highest BCUT2D eigenvalue weighted by molar-refractivity contribution is 6.30. The van der Waals surface area contributed by atoms with Gasteiger partial charge < -0.3 is 9.88 Å². The molecule has 0 saturated heterocycles. The number of nitrogens with zero attached hydrogens (tertiary/aromatic N) is 2. The Balaban J connectivity index is 1.71. The lowest BCUT2D eigenvalue weighted by Gasteiger charge is -2.07. The molecule has 0 spiro atoms. The summed E-state index contributed by atoms with van der Waals surface area (Å²) < 4.78 is 28.0. The standard InChI is InChI=1S/C19H14ClF2N3O2/c1-25-10-13(3-5-17(25)26)19(27)24-16-4-2-11(9-23-16)6-12-7-14(20)18(22)15(21)8-12/h2-5,7-10H,6H2,1H3,(H,23,24,27). The number of pyridine rings is 2.